The second-order valence-electron chi connectivity index (χ2n) is 7.89. The molecule has 0 unspecified atom stereocenters. The first-order valence-corrected chi connectivity index (χ1v) is 11.9. The van der Waals surface area contributed by atoms with Crippen LogP contribution in [0.3, 0.4) is 0 Å². The third kappa shape index (κ3) is 6.05. The normalized spacial score (nSPS) is 10.6. The molecule has 3 amide bonds. The van der Waals surface area contributed by atoms with Gasteiger partial charge in [0.05, 0.1) is 18.7 Å². The van der Waals surface area contributed by atoms with Gasteiger partial charge in [-0.1, -0.05) is 60.7 Å². The Kier molecular flexibility index (Phi) is 7.92. The Hall–Kier alpha value is -4.24. The van der Waals surface area contributed by atoms with Gasteiger partial charge in [0.15, 0.2) is 0 Å². The Labute approximate surface area is 216 Å². The molecule has 1 aromatic heterocycles. The Bertz CT molecular complexity index is 1440. The highest BCUT2D eigenvalue weighted by Gasteiger charge is 2.17. The summed E-state index contributed by atoms with van der Waals surface area (Å²) in [5.41, 5.74) is 8.18. The third-order valence-electron chi connectivity index (χ3n) is 5.43. The van der Waals surface area contributed by atoms with Crippen LogP contribution in [0.5, 0.6) is 0 Å². The van der Waals surface area contributed by atoms with Crippen LogP contribution in [0.4, 0.5) is 10.5 Å². The molecule has 0 aliphatic rings. The number of carbonyl (C=O) groups excluding carboxylic acids is 3. The average molecular weight is 547 g/mol. The van der Waals surface area contributed by atoms with Crippen LogP contribution in [-0.4, -0.2) is 36.0 Å². The Morgan fingerprint density at radius 2 is 1.69 bits per heavy atom. The second kappa shape index (κ2) is 11.5. The molecule has 0 saturated heterocycles. The largest absolute Gasteiger partial charge is 0.447 e. The van der Waals surface area contributed by atoms with Crippen LogP contribution in [-0.2, 0) is 16.0 Å². The van der Waals surface area contributed by atoms with Crippen molar-refractivity contribution in [2.45, 2.75) is 6.42 Å². The fourth-order valence-electron chi connectivity index (χ4n) is 3.83. The van der Waals surface area contributed by atoms with E-state index in [4.69, 9.17) is 10.5 Å². The topological polar surface area (TPSA) is 123 Å². The van der Waals surface area contributed by atoms with Crippen LogP contribution >= 0.6 is 15.9 Å². The number of rotatable bonds is 8. The molecule has 4 aromatic rings. The van der Waals surface area contributed by atoms with E-state index in [-0.39, 0.29) is 31.2 Å². The molecular formula is C27H23BrN4O4. The summed E-state index contributed by atoms with van der Waals surface area (Å²) in [5.74, 6) is -0.917. The zero-order valence-electron chi connectivity index (χ0n) is 19.2. The predicted molar refractivity (Wildman–Crippen MR) is 142 cm³/mol. The van der Waals surface area contributed by atoms with E-state index in [0.29, 0.717) is 26.9 Å². The Morgan fingerprint density at radius 1 is 0.944 bits per heavy atom. The first-order valence-electron chi connectivity index (χ1n) is 11.1. The number of aromatic nitrogens is 1. The molecule has 9 heteroatoms. The number of fused-ring (bicyclic) bond motifs is 1. The highest BCUT2D eigenvalue weighted by Crippen LogP contribution is 2.29. The van der Waals surface area contributed by atoms with Gasteiger partial charge >= 0.3 is 6.09 Å². The van der Waals surface area contributed by atoms with Crippen molar-refractivity contribution in [3.05, 3.63) is 94.7 Å². The van der Waals surface area contributed by atoms with Crippen molar-refractivity contribution in [2.24, 2.45) is 5.73 Å². The summed E-state index contributed by atoms with van der Waals surface area (Å²) in [6.45, 7) is 0.153. The number of carbonyl (C=O) groups is 3. The van der Waals surface area contributed by atoms with E-state index in [1.807, 2.05) is 48.5 Å². The minimum atomic E-state index is -0.657. The summed E-state index contributed by atoms with van der Waals surface area (Å²) in [4.78, 5) is 40.8. The summed E-state index contributed by atoms with van der Waals surface area (Å²) in [5, 5.41) is 7.39. The number of halogens is 1. The zero-order valence-corrected chi connectivity index (χ0v) is 20.7. The molecular weight excluding hydrogens is 524 g/mol. The zero-order chi connectivity index (χ0) is 25.5. The molecule has 8 nitrogen and oxygen atoms in total. The van der Waals surface area contributed by atoms with E-state index in [1.165, 1.54) is 6.20 Å². The molecule has 0 aliphatic heterocycles. The number of primary amides is 1. The fourth-order valence-corrected chi connectivity index (χ4v) is 4.16. The van der Waals surface area contributed by atoms with Crippen LogP contribution in [0, 0.1) is 0 Å². The van der Waals surface area contributed by atoms with Gasteiger partial charge in [0.1, 0.15) is 12.3 Å². The average Bonchev–Trinajstić information content (AvgIpc) is 2.87. The van der Waals surface area contributed by atoms with Gasteiger partial charge in [-0.15, -0.1) is 0 Å². The first kappa shape index (κ1) is 24.9. The standard InChI is InChI=1S/C27H23BrN4O4/c28-19-15-22(25(26(29)34)31-16-19)20-9-3-2-7-18(20)14-24(33)30-12-13-36-27(35)32-23-11-5-8-17-6-1-4-10-21(17)23/h1-11,15-16H,12-14H2,(H2,29,34)(H,30,33)(H,32,35). The lowest BCUT2D eigenvalue weighted by Gasteiger charge is -2.13. The molecule has 0 radical (unpaired) electrons. The van der Waals surface area contributed by atoms with E-state index < -0.39 is 12.0 Å². The predicted octanol–water partition coefficient (Wildman–Crippen LogP) is 4.67. The molecule has 4 N–H and O–H groups in total. The van der Waals surface area contributed by atoms with Gasteiger partial charge in [0, 0.05) is 21.6 Å². The quantitative estimate of drug-likeness (QED) is 0.277. The van der Waals surface area contributed by atoms with Gasteiger partial charge in [-0.2, -0.15) is 0 Å². The second-order valence-corrected chi connectivity index (χ2v) is 8.80. The molecule has 1 heterocycles. The van der Waals surface area contributed by atoms with Gasteiger partial charge in [-0.05, 0) is 44.6 Å². The van der Waals surface area contributed by atoms with Crippen LogP contribution in [0.25, 0.3) is 21.9 Å². The Morgan fingerprint density at radius 3 is 2.53 bits per heavy atom. The minimum absolute atomic E-state index is 0.00532. The fraction of sp³-hybridized carbons (Fsp3) is 0.111. The number of nitrogens with zero attached hydrogens (tertiary/aromatic N) is 1. The SMILES string of the molecule is NC(=O)c1ncc(Br)cc1-c1ccccc1CC(=O)NCCOC(=O)Nc1cccc2ccccc12. The van der Waals surface area contributed by atoms with E-state index in [9.17, 15) is 14.4 Å². The van der Waals surface area contributed by atoms with Gasteiger partial charge < -0.3 is 15.8 Å². The van der Waals surface area contributed by atoms with E-state index in [0.717, 1.165) is 10.8 Å². The van der Waals surface area contributed by atoms with Crippen molar-refractivity contribution < 1.29 is 19.1 Å². The number of pyridine rings is 1. The molecule has 182 valence electrons. The van der Waals surface area contributed by atoms with Crippen molar-refractivity contribution in [1.82, 2.24) is 10.3 Å². The van der Waals surface area contributed by atoms with E-state index in [1.54, 1.807) is 24.3 Å². The Balaban J connectivity index is 1.32. The van der Waals surface area contributed by atoms with Crippen molar-refractivity contribution >= 4 is 50.3 Å². The summed E-state index contributed by atoms with van der Waals surface area (Å²) < 4.78 is 5.90. The molecule has 4 rings (SSSR count). The van der Waals surface area contributed by atoms with Crippen LogP contribution < -0.4 is 16.4 Å². The monoisotopic (exact) mass is 546 g/mol. The summed E-state index contributed by atoms with van der Waals surface area (Å²) in [6.07, 6.45) is 0.949. The lowest BCUT2D eigenvalue weighted by atomic mass is 9.96. The van der Waals surface area contributed by atoms with Crippen molar-refractivity contribution in [1.29, 1.82) is 0 Å². The molecule has 0 saturated carbocycles. The molecule has 0 aliphatic carbocycles. The van der Waals surface area contributed by atoms with Gasteiger partial charge in [0.25, 0.3) is 5.91 Å². The van der Waals surface area contributed by atoms with Crippen LogP contribution in [0.2, 0.25) is 0 Å². The van der Waals surface area contributed by atoms with Crippen molar-refractivity contribution in [2.75, 3.05) is 18.5 Å². The molecule has 0 fully saturated rings. The molecule has 0 spiro atoms. The summed E-state index contributed by atoms with van der Waals surface area (Å²) in [6, 6.07) is 22.3. The number of nitrogens with one attached hydrogen (secondary N) is 2. The van der Waals surface area contributed by atoms with E-state index in [2.05, 4.69) is 31.5 Å². The molecule has 0 atom stereocenters. The number of amides is 3. The highest BCUT2D eigenvalue weighted by atomic mass is 79.9. The number of ether oxygens (including phenoxy) is 1. The minimum Gasteiger partial charge on any atom is -0.447 e. The van der Waals surface area contributed by atoms with Crippen LogP contribution in [0.15, 0.2) is 83.5 Å². The lowest BCUT2D eigenvalue weighted by molar-refractivity contribution is -0.120. The van der Waals surface area contributed by atoms with Gasteiger partial charge in [-0.25, -0.2) is 9.78 Å². The summed E-state index contributed by atoms with van der Waals surface area (Å²) >= 11 is 3.36. The maximum absolute atomic E-state index is 12.6. The van der Waals surface area contributed by atoms with Crippen molar-refractivity contribution in [3.63, 3.8) is 0 Å². The molecule has 0 bridgehead atoms. The summed E-state index contributed by atoms with van der Waals surface area (Å²) in [7, 11) is 0. The smallest absolute Gasteiger partial charge is 0.411 e. The number of hydrogen-bond acceptors (Lipinski definition) is 5. The molecule has 36 heavy (non-hydrogen) atoms. The maximum Gasteiger partial charge on any atom is 0.411 e. The molecule has 3 aromatic carbocycles. The van der Waals surface area contributed by atoms with Crippen molar-refractivity contribution in [3.8, 4) is 11.1 Å². The van der Waals surface area contributed by atoms with Crippen LogP contribution in [0.1, 0.15) is 16.1 Å². The number of benzene rings is 3. The third-order valence-corrected chi connectivity index (χ3v) is 5.86. The van der Waals surface area contributed by atoms with Gasteiger partial charge in [0.2, 0.25) is 5.91 Å². The number of hydrogen-bond donors (Lipinski definition) is 3. The maximum atomic E-state index is 12.6. The number of nitrogens with two attached hydrogens (primary N) is 1. The van der Waals surface area contributed by atoms with Gasteiger partial charge in [-0.3, -0.25) is 14.9 Å². The highest BCUT2D eigenvalue weighted by molar-refractivity contribution is 9.10. The van der Waals surface area contributed by atoms with E-state index >= 15 is 0 Å². The number of anilines is 1. The lowest BCUT2D eigenvalue weighted by Crippen LogP contribution is -2.30. The first-order chi connectivity index (χ1) is 17.4.